The monoisotopic (exact) mass is 356 g/mol. The van der Waals surface area contributed by atoms with E-state index in [0.717, 1.165) is 6.07 Å². The third-order valence-corrected chi connectivity index (χ3v) is 3.97. The van der Waals surface area contributed by atoms with Crippen LogP contribution in [0.1, 0.15) is 16.9 Å². The zero-order valence-electron chi connectivity index (χ0n) is 13.7. The van der Waals surface area contributed by atoms with Gasteiger partial charge in [0.2, 0.25) is 11.8 Å². The van der Waals surface area contributed by atoms with Gasteiger partial charge in [-0.3, -0.25) is 0 Å². The van der Waals surface area contributed by atoms with Crippen LogP contribution in [0, 0.1) is 18.6 Å². The van der Waals surface area contributed by atoms with Gasteiger partial charge in [0.05, 0.1) is 11.9 Å². The second kappa shape index (κ2) is 5.80. The maximum absolute atomic E-state index is 14.1. The number of furan rings is 1. The normalized spacial score (nSPS) is 11.3. The molecule has 0 unspecified atom stereocenters. The molecule has 0 radical (unpaired) electrons. The van der Waals surface area contributed by atoms with Gasteiger partial charge in [-0.25, -0.2) is 8.78 Å². The summed E-state index contributed by atoms with van der Waals surface area (Å²) in [5.74, 6) is 0.108. The molecular weight excluding hydrogens is 342 g/mol. The van der Waals surface area contributed by atoms with E-state index in [1.165, 1.54) is 16.8 Å². The lowest BCUT2D eigenvalue weighted by Crippen LogP contribution is -2.05. The minimum atomic E-state index is -0.798. The maximum atomic E-state index is 14.1. The van der Waals surface area contributed by atoms with Crippen molar-refractivity contribution in [2.75, 3.05) is 11.5 Å². The maximum Gasteiger partial charge on any atom is 0.224 e. The molecule has 0 atom stereocenters. The van der Waals surface area contributed by atoms with Gasteiger partial charge in [-0.05, 0) is 30.7 Å². The first-order valence-electron chi connectivity index (χ1n) is 7.72. The second-order valence-electron chi connectivity index (χ2n) is 5.86. The third kappa shape index (κ3) is 2.63. The molecule has 26 heavy (non-hydrogen) atoms. The van der Waals surface area contributed by atoms with E-state index >= 15 is 0 Å². The Kier molecular flexibility index (Phi) is 3.57. The number of rotatable bonds is 3. The number of hydrogen-bond donors (Lipinski definition) is 2. The van der Waals surface area contributed by atoms with Gasteiger partial charge in [0.25, 0.3) is 0 Å². The fraction of sp³-hybridized carbons (Fsp3) is 0.118. The number of aryl methyl sites for hydroxylation is 1. The van der Waals surface area contributed by atoms with E-state index in [2.05, 4.69) is 15.1 Å². The first kappa shape index (κ1) is 16.0. The predicted octanol–water partition coefficient (Wildman–Crippen LogP) is 2.73. The average molecular weight is 356 g/mol. The molecule has 7 nitrogen and oxygen atoms in total. The van der Waals surface area contributed by atoms with Crippen molar-refractivity contribution >= 4 is 17.3 Å². The predicted molar refractivity (Wildman–Crippen MR) is 91.2 cm³/mol. The molecule has 0 amide bonds. The molecule has 9 heteroatoms. The molecule has 4 N–H and O–H groups in total. The lowest BCUT2D eigenvalue weighted by Gasteiger charge is -2.06. The van der Waals surface area contributed by atoms with Gasteiger partial charge in [0.15, 0.2) is 11.4 Å². The summed E-state index contributed by atoms with van der Waals surface area (Å²) in [5, 5.41) is 4.26. The zero-order valence-corrected chi connectivity index (χ0v) is 13.7. The number of hydrogen-bond acceptors (Lipinski definition) is 6. The number of anilines is 2. The minimum absolute atomic E-state index is 0.0300. The van der Waals surface area contributed by atoms with Crippen LogP contribution in [0.4, 0.5) is 20.4 Å². The molecule has 0 saturated heterocycles. The van der Waals surface area contributed by atoms with Crippen LogP contribution in [0.2, 0.25) is 0 Å². The molecule has 132 valence electrons. The van der Waals surface area contributed by atoms with Crippen LogP contribution in [0.5, 0.6) is 0 Å². The second-order valence-corrected chi connectivity index (χ2v) is 5.86. The molecule has 0 aliphatic rings. The van der Waals surface area contributed by atoms with Crippen molar-refractivity contribution in [1.29, 1.82) is 0 Å². The van der Waals surface area contributed by atoms with Gasteiger partial charge in [-0.2, -0.15) is 19.6 Å². The first-order valence-corrected chi connectivity index (χ1v) is 7.72. The number of aromatic nitrogens is 4. The highest BCUT2D eigenvalue weighted by Crippen LogP contribution is 2.25. The summed E-state index contributed by atoms with van der Waals surface area (Å²) in [5.41, 5.74) is 12.5. The fourth-order valence-corrected chi connectivity index (χ4v) is 2.73. The Morgan fingerprint density at radius 3 is 2.62 bits per heavy atom. The Hall–Kier alpha value is -3.49. The molecule has 0 spiro atoms. The van der Waals surface area contributed by atoms with Crippen molar-refractivity contribution in [2.45, 2.75) is 13.3 Å². The van der Waals surface area contributed by atoms with Crippen molar-refractivity contribution in [3.05, 3.63) is 59.0 Å². The fourth-order valence-electron chi connectivity index (χ4n) is 2.73. The number of halogens is 2. The summed E-state index contributed by atoms with van der Waals surface area (Å²) in [6.45, 7) is 1.81. The first-order chi connectivity index (χ1) is 12.4. The summed E-state index contributed by atoms with van der Waals surface area (Å²) in [7, 11) is 0. The summed E-state index contributed by atoms with van der Waals surface area (Å²) in [6.07, 6.45) is 1.65. The number of fused-ring (bicyclic) bond motifs is 1. The molecule has 4 rings (SSSR count). The molecule has 4 aromatic rings. The van der Waals surface area contributed by atoms with Gasteiger partial charge >= 0.3 is 0 Å². The van der Waals surface area contributed by atoms with Gasteiger partial charge in [0, 0.05) is 18.1 Å². The Bertz CT molecular complexity index is 1130. The van der Waals surface area contributed by atoms with Crippen LogP contribution in [0.3, 0.4) is 0 Å². The van der Waals surface area contributed by atoms with Crippen molar-refractivity contribution < 1.29 is 13.2 Å². The van der Waals surface area contributed by atoms with Gasteiger partial charge in [-0.15, -0.1) is 0 Å². The van der Waals surface area contributed by atoms with E-state index in [1.807, 2.05) is 6.92 Å². The summed E-state index contributed by atoms with van der Waals surface area (Å²) < 4.78 is 34.5. The Balaban J connectivity index is 1.83. The smallest absolute Gasteiger partial charge is 0.224 e. The topological polar surface area (TPSA) is 108 Å². The highest BCUT2D eigenvalue weighted by molar-refractivity contribution is 5.59. The number of benzene rings is 1. The molecule has 3 aromatic heterocycles. The summed E-state index contributed by atoms with van der Waals surface area (Å²) in [4.78, 5) is 8.37. The zero-order chi connectivity index (χ0) is 18.4. The molecule has 1 aromatic carbocycles. The van der Waals surface area contributed by atoms with Gasteiger partial charge < -0.3 is 15.9 Å². The van der Waals surface area contributed by atoms with Crippen LogP contribution in [0.25, 0.3) is 17.2 Å². The van der Waals surface area contributed by atoms with Crippen molar-refractivity contribution in [3.63, 3.8) is 0 Å². The molecule has 0 aliphatic heterocycles. The van der Waals surface area contributed by atoms with Crippen molar-refractivity contribution in [3.8, 4) is 11.6 Å². The lowest BCUT2D eigenvalue weighted by molar-refractivity contribution is 0.541. The lowest BCUT2D eigenvalue weighted by atomic mass is 10.1. The largest absolute Gasteiger partial charge is 0.458 e. The van der Waals surface area contributed by atoms with Crippen molar-refractivity contribution in [2.24, 2.45) is 0 Å². The Labute approximate surface area is 146 Å². The Morgan fingerprint density at radius 2 is 1.88 bits per heavy atom. The third-order valence-electron chi connectivity index (χ3n) is 3.97. The minimum Gasteiger partial charge on any atom is -0.458 e. The quantitative estimate of drug-likeness (QED) is 0.547. The molecule has 3 heterocycles. The molecule has 0 fully saturated rings. The average Bonchev–Trinajstić information content (AvgIpc) is 3.19. The molecule has 0 saturated carbocycles. The van der Waals surface area contributed by atoms with E-state index in [1.54, 1.807) is 12.1 Å². The van der Waals surface area contributed by atoms with E-state index in [0.29, 0.717) is 28.6 Å². The Morgan fingerprint density at radius 1 is 1.08 bits per heavy atom. The number of nitrogen functional groups attached to an aromatic ring is 2. The summed E-state index contributed by atoms with van der Waals surface area (Å²) >= 11 is 0. The SMILES string of the molecule is Cc1ccc(-c2nc(N)nc3c(Cc4cc(N)c(F)cc4F)cnn23)o1. The van der Waals surface area contributed by atoms with Crippen LogP contribution in [-0.2, 0) is 6.42 Å². The number of nitrogens with two attached hydrogens (primary N) is 2. The van der Waals surface area contributed by atoms with Crippen LogP contribution in [0.15, 0.2) is 34.9 Å². The van der Waals surface area contributed by atoms with E-state index in [4.69, 9.17) is 15.9 Å². The van der Waals surface area contributed by atoms with Gasteiger partial charge in [-0.1, -0.05) is 0 Å². The summed E-state index contributed by atoms with van der Waals surface area (Å²) in [6, 6.07) is 5.56. The van der Waals surface area contributed by atoms with Crippen molar-refractivity contribution in [1.82, 2.24) is 19.6 Å². The highest BCUT2D eigenvalue weighted by atomic mass is 19.1. The van der Waals surface area contributed by atoms with E-state index in [9.17, 15) is 8.78 Å². The molecule has 0 aliphatic carbocycles. The molecule has 0 bridgehead atoms. The van der Waals surface area contributed by atoms with Crippen LogP contribution < -0.4 is 11.5 Å². The molecular formula is C17H14F2N6O. The van der Waals surface area contributed by atoms with Crippen LogP contribution in [-0.4, -0.2) is 19.6 Å². The van der Waals surface area contributed by atoms with Gasteiger partial charge in [0.1, 0.15) is 17.4 Å². The highest BCUT2D eigenvalue weighted by Gasteiger charge is 2.17. The van der Waals surface area contributed by atoms with Crippen LogP contribution >= 0.6 is 0 Å². The standard InChI is InChI=1S/C17H14F2N6O/c1-8-2-3-14(26-8)16-24-17(21)23-15-10(7-22-25(15)16)4-9-5-13(20)12(19)6-11(9)18/h2-3,5-7H,4,20H2,1H3,(H2,21,23). The number of nitrogens with zero attached hydrogens (tertiary/aromatic N) is 4. The van der Waals surface area contributed by atoms with E-state index < -0.39 is 11.6 Å². The van der Waals surface area contributed by atoms with E-state index in [-0.39, 0.29) is 23.6 Å².